The van der Waals surface area contributed by atoms with Gasteiger partial charge in [0.1, 0.15) is 17.9 Å². The molecule has 3 aromatic rings. The Morgan fingerprint density at radius 2 is 1.95 bits per heavy atom. The molecule has 0 aliphatic heterocycles. The van der Waals surface area contributed by atoms with Crippen LogP contribution in [-0.4, -0.2) is 16.6 Å². The monoisotopic (exact) mass is 293 g/mol. The summed E-state index contributed by atoms with van der Waals surface area (Å²) in [6.07, 6.45) is 2.60. The van der Waals surface area contributed by atoms with Crippen molar-refractivity contribution >= 4 is 16.7 Å². The number of anilines is 1. The maximum Gasteiger partial charge on any atom is 0.137 e. The molecule has 0 amide bonds. The maximum atomic E-state index is 5.66. The van der Waals surface area contributed by atoms with Crippen LogP contribution in [0.4, 0.5) is 5.82 Å². The minimum Gasteiger partial charge on any atom is -0.494 e. The molecule has 1 heterocycles. The molecule has 0 unspecified atom stereocenters. The highest BCUT2D eigenvalue weighted by molar-refractivity contribution is 5.88. The minimum atomic E-state index is 0.699. The van der Waals surface area contributed by atoms with Crippen molar-refractivity contribution in [3.63, 3.8) is 0 Å². The van der Waals surface area contributed by atoms with Gasteiger partial charge in [0.2, 0.25) is 0 Å². The summed E-state index contributed by atoms with van der Waals surface area (Å²) in [5, 5.41) is 4.41. The van der Waals surface area contributed by atoms with Crippen LogP contribution in [0.25, 0.3) is 10.9 Å². The van der Waals surface area contributed by atoms with Gasteiger partial charge in [-0.25, -0.2) is 9.97 Å². The number of fused-ring (bicyclic) bond motifs is 1. The first-order valence-corrected chi connectivity index (χ1v) is 7.52. The van der Waals surface area contributed by atoms with E-state index in [0.29, 0.717) is 6.54 Å². The molecule has 0 fully saturated rings. The molecule has 1 aromatic heterocycles. The molecule has 0 saturated heterocycles. The van der Waals surface area contributed by atoms with Gasteiger partial charge in [-0.1, -0.05) is 31.2 Å². The van der Waals surface area contributed by atoms with Crippen molar-refractivity contribution in [2.45, 2.75) is 19.9 Å². The van der Waals surface area contributed by atoms with Gasteiger partial charge in [0.05, 0.1) is 12.1 Å². The van der Waals surface area contributed by atoms with Crippen molar-refractivity contribution in [2.24, 2.45) is 0 Å². The zero-order chi connectivity index (χ0) is 15.2. The number of para-hydroxylation sites is 1. The molecule has 3 rings (SSSR count). The maximum absolute atomic E-state index is 5.66. The average Bonchev–Trinajstić information content (AvgIpc) is 2.58. The van der Waals surface area contributed by atoms with Gasteiger partial charge in [-0.05, 0) is 36.2 Å². The predicted octanol–water partition coefficient (Wildman–Crippen LogP) is 4.03. The second kappa shape index (κ2) is 6.89. The van der Waals surface area contributed by atoms with Crippen LogP contribution >= 0.6 is 0 Å². The van der Waals surface area contributed by atoms with Crippen LogP contribution in [0.15, 0.2) is 54.9 Å². The molecule has 0 radical (unpaired) electrons. The third kappa shape index (κ3) is 3.34. The van der Waals surface area contributed by atoms with E-state index in [0.717, 1.165) is 41.1 Å². The fourth-order valence-corrected chi connectivity index (χ4v) is 2.30. The highest BCUT2D eigenvalue weighted by Gasteiger charge is 2.03. The molecule has 4 nitrogen and oxygen atoms in total. The van der Waals surface area contributed by atoms with Crippen LogP contribution in [-0.2, 0) is 6.54 Å². The van der Waals surface area contributed by atoms with Gasteiger partial charge < -0.3 is 10.1 Å². The number of nitrogens with one attached hydrogen (secondary N) is 1. The van der Waals surface area contributed by atoms with Crippen molar-refractivity contribution in [2.75, 3.05) is 11.9 Å². The number of benzene rings is 2. The molecular weight excluding hydrogens is 274 g/mol. The van der Waals surface area contributed by atoms with E-state index in [1.807, 2.05) is 36.4 Å². The Morgan fingerprint density at radius 3 is 2.86 bits per heavy atom. The zero-order valence-corrected chi connectivity index (χ0v) is 12.6. The summed E-state index contributed by atoms with van der Waals surface area (Å²) in [6.45, 7) is 3.55. The number of hydrogen-bond donors (Lipinski definition) is 1. The fourth-order valence-electron chi connectivity index (χ4n) is 2.30. The van der Waals surface area contributed by atoms with E-state index in [1.165, 1.54) is 0 Å². The van der Waals surface area contributed by atoms with E-state index in [1.54, 1.807) is 6.33 Å². The topological polar surface area (TPSA) is 47.0 Å². The molecule has 0 spiro atoms. The largest absolute Gasteiger partial charge is 0.494 e. The van der Waals surface area contributed by atoms with Crippen molar-refractivity contribution in [1.29, 1.82) is 0 Å². The van der Waals surface area contributed by atoms with Gasteiger partial charge in [-0.2, -0.15) is 0 Å². The Kier molecular flexibility index (Phi) is 4.49. The van der Waals surface area contributed by atoms with Crippen LogP contribution in [0.5, 0.6) is 5.75 Å². The molecule has 1 N–H and O–H groups in total. The fraction of sp³-hybridized carbons (Fsp3) is 0.222. The summed E-state index contributed by atoms with van der Waals surface area (Å²) in [7, 11) is 0. The predicted molar refractivity (Wildman–Crippen MR) is 89.1 cm³/mol. The Hall–Kier alpha value is -2.62. The summed E-state index contributed by atoms with van der Waals surface area (Å²) in [6, 6.07) is 16.1. The van der Waals surface area contributed by atoms with Crippen molar-refractivity contribution in [3.8, 4) is 5.75 Å². The highest BCUT2D eigenvalue weighted by Crippen LogP contribution is 2.20. The van der Waals surface area contributed by atoms with Crippen molar-refractivity contribution in [1.82, 2.24) is 9.97 Å². The van der Waals surface area contributed by atoms with Gasteiger partial charge in [0.25, 0.3) is 0 Å². The van der Waals surface area contributed by atoms with Crippen LogP contribution in [0.1, 0.15) is 18.9 Å². The van der Waals surface area contributed by atoms with Crippen molar-refractivity contribution < 1.29 is 4.74 Å². The quantitative estimate of drug-likeness (QED) is 0.745. The Labute approximate surface area is 130 Å². The molecule has 0 aliphatic carbocycles. The molecule has 4 heteroatoms. The van der Waals surface area contributed by atoms with E-state index in [2.05, 4.69) is 34.3 Å². The summed E-state index contributed by atoms with van der Waals surface area (Å²) in [4.78, 5) is 8.61. The summed E-state index contributed by atoms with van der Waals surface area (Å²) in [5.74, 6) is 1.76. The molecular formula is C18H19N3O. The summed E-state index contributed by atoms with van der Waals surface area (Å²) < 4.78 is 5.66. The third-order valence-corrected chi connectivity index (χ3v) is 3.37. The van der Waals surface area contributed by atoms with Crippen LogP contribution in [0.3, 0.4) is 0 Å². The van der Waals surface area contributed by atoms with Gasteiger partial charge in [0, 0.05) is 11.9 Å². The molecule has 0 saturated carbocycles. The normalized spacial score (nSPS) is 10.6. The smallest absolute Gasteiger partial charge is 0.137 e. The van der Waals surface area contributed by atoms with E-state index in [4.69, 9.17) is 4.74 Å². The number of aromatic nitrogens is 2. The highest BCUT2D eigenvalue weighted by atomic mass is 16.5. The lowest BCUT2D eigenvalue weighted by molar-refractivity contribution is 0.317. The Balaban J connectivity index is 1.74. The van der Waals surface area contributed by atoms with E-state index in [-0.39, 0.29) is 0 Å². The average molecular weight is 293 g/mol. The second-order valence-corrected chi connectivity index (χ2v) is 5.09. The van der Waals surface area contributed by atoms with Gasteiger partial charge in [-0.3, -0.25) is 0 Å². The van der Waals surface area contributed by atoms with E-state index in [9.17, 15) is 0 Å². The molecule has 2 aromatic carbocycles. The SMILES string of the molecule is CCCOc1cccc(CNc2ncnc3ccccc23)c1. The van der Waals surface area contributed by atoms with Crippen molar-refractivity contribution in [3.05, 3.63) is 60.4 Å². The molecule has 0 atom stereocenters. The number of rotatable bonds is 6. The first kappa shape index (κ1) is 14.3. The van der Waals surface area contributed by atoms with Crippen LogP contribution in [0.2, 0.25) is 0 Å². The molecule has 22 heavy (non-hydrogen) atoms. The summed E-state index contributed by atoms with van der Waals surface area (Å²) in [5.41, 5.74) is 2.11. The lowest BCUT2D eigenvalue weighted by atomic mass is 10.2. The van der Waals surface area contributed by atoms with E-state index >= 15 is 0 Å². The Bertz CT molecular complexity index is 753. The first-order chi connectivity index (χ1) is 10.9. The van der Waals surface area contributed by atoms with E-state index < -0.39 is 0 Å². The Morgan fingerprint density at radius 1 is 1.05 bits per heavy atom. The zero-order valence-electron chi connectivity index (χ0n) is 12.6. The first-order valence-electron chi connectivity index (χ1n) is 7.52. The minimum absolute atomic E-state index is 0.699. The summed E-state index contributed by atoms with van der Waals surface area (Å²) >= 11 is 0. The lowest BCUT2D eigenvalue weighted by Gasteiger charge is -2.10. The third-order valence-electron chi connectivity index (χ3n) is 3.37. The van der Waals surface area contributed by atoms with Gasteiger partial charge in [-0.15, -0.1) is 0 Å². The standard InChI is InChI=1S/C18H19N3O/c1-2-10-22-15-7-5-6-14(11-15)12-19-18-16-8-3-4-9-17(16)20-13-21-18/h3-9,11,13H,2,10,12H2,1H3,(H,19,20,21). The van der Waals surface area contributed by atoms with Crippen LogP contribution < -0.4 is 10.1 Å². The molecule has 0 aliphatic rings. The van der Waals surface area contributed by atoms with Gasteiger partial charge in [0.15, 0.2) is 0 Å². The van der Waals surface area contributed by atoms with Crippen LogP contribution in [0, 0.1) is 0 Å². The molecule has 112 valence electrons. The number of nitrogens with zero attached hydrogens (tertiary/aromatic N) is 2. The lowest BCUT2D eigenvalue weighted by Crippen LogP contribution is -2.03. The molecule has 0 bridgehead atoms. The second-order valence-electron chi connectivity index (χ2n) is 5.09. The number of ether oxygens (including phenoxy) is 1. The van der Waals surface area contributed by atoms with Gasteiger partial charge >= 0.3 is 0 Å². The number of hydrogen-bond acceptors (Lipinski definition) is 4.